The number of halogens is 1. The summed E-state index contributed by atoms with van der Waals surface area (Å²) in [6.07, 6.45) is 3.02. The van der Waals surface area contributed by atoms with Crippen LogP contribution in [0.25, 0.3) is 11.0 Å². The van der Waals surface area contributed by atoms with E-state index in [1.165, 1.54) is 6.33 Å². The fourth-order valence-electron chi connectivity index (χ4n) is 1.78. The first kappa shape index (κ1) is 11.0. The molecule has 0 aliphatic carbocycles. The standard InChI is InChI=1S/C12H9ClN4O/c13-10-4-2-1-3-8(10)5-17-6-9-11(16-17)14-7-15-12(9)18/h1-4,6-7H,5H2,(H,14,15,16,18). The van der Waals surface area contributed by atoms with Crippen molar-refractivity contribution in [1.29, 1.82) is 0 Å². The minimum atomic E-state index is -0.189. The minimum Gasteiger partial charge on any atom is -0.312 e. The van der Waals surface area contributed by atoms with Crippen LogP contribution in [0.2, 0.25) is 5.02 Å². The third-order valence-electron chi connectivity index (χ3n) is 2.66. The summed E-state index contributed by atoms with van der Waals surface area (Å²) in [5.74, 6) is 0. The summed E-state index contributed by atoms with van der Waals surface area (Å²) in [4.78, 5) is 18.1. The molecule has 3 rings (SSSR count). The average molecular weight is 261 g/mol. The van der Waals surface area contributed by atoms with Crippen LogP contribution in [0.5, 0.6) is 0 Å². The van der Waals surface area contributed by atoms with Crippen LogP contribution in [0.4, 0.5) is 0 Å². The van der Waals surface area contributed by atoms with Gasteiger partial charge in [-0.3, -0.25) is 9.48 Å². The largest absolute Gasteiger partial charge is 0.312 e. The molecule has 0 amide bonds. The van der Waals surface area contributed by atoms with Gasteiger partial charge in [-0.1, -0.05) is 29.8 Å². The molecule has 6 heteroatoms. The number of benzene rings is 1. The van der Waals surface area contributed by atoms with E-state index in [4.69, 9.17) is 11.6 Å². The lowest BCUT2D eigenvalue weighted by molar-refractivity contribution is 0.693. The fourth-order valence-corrected chi connectivity index (χ4v) is 1.97. The van der Waals surface area contributed by atoms with Crippen molar-refractivity contribution in [3.8, 4) is 0 Å². The van der Waals surface area contributed by atoms with Crippen molar-refractivity contribution in [3.05, 3.63) is 57.7 Å². The molecule has 2 aromatic heterocycles. The van der Waals surface area contributed by atoms with Crippen LogP contribution in [-0.2, 0) is 6.54 Å². The molecule has 0 saturated carbocycles. The number of H-pyrrole nitrogens is 1. The molecular weight excluding hydrogens is 252 g/mol. The maximum Gasteiger partial charge on any atom is 0.261 e. The molecule has 1 N–H and O–H groups in total. The van der Waals surface area contributed by atoms with Gasteiger partial charge in [-0.15, -0.1) is 0 Å². The van der Waals surface area contributed by atoms with Crippen LogP contribution in [-0.4, -0.2) is 19.7 Å². The maximum atomic E-state index is 11.5. The van der Waals surface area contributed by atoms with Gasteiger partial charge in [-0.05, 0) is 11.6 Å². The summed E-state index contributed by atoms with van der Waals surface area (Å²) in [5, 5.41) is 5.39. The molecular formula is C12H9ClN4O. The summed E-state index contributed by atoms with van der Waals surface area (Å²) < 4.78 is 1.66. The van der Waals surface area contributed by atoms with Crippen LogP contribution in [0.1, 0.15) is 5.56 Å². The van der Waals surface area contributed by atoms with Gasteiger partial charge in [-0.25, -0.2) is 4.98 Å². The van der Waals surface area contributed by atoms with Gasteiger partial charge < -0.3 is 4.98 Å². The number of aromatic amines is 1. The fraction of sp³-hybridized carbons (Fsp3) is 0.0833. The lowest BCUT2D eigenvalue weighted by Gasteiger charge is -2.03. The zero-order chi connectivity index (χ0) is 12.5. The van der Waals surface area contributed by atoms with Gasteiger partial charge in [0.15, 0.2) is 5.65 Å². The highest BCUT2D eigenvalue weighted by Gasteiger charge is 2.06. The first-order chi connectivity index (χ1) is 8.74. The molecule has 18 heavy (non-hydrogen) atoms. The van der Waals surface area contributed by atoms with Crippen LogP contribution < -0.4 is 5.56 Å². The number of hydrogen-bond donors (Lipinski definition) is 1. The van der Waals surface area contributed by atoms with E-state index in [0.29, 0.717) is 22.6 Å². The summed E-state index contributed by atoms with van der Waals surface area (Å²) in [7, 11) is 0. The first-order valence-corrected chi connectivity index (χ1v) is 5.76. The van der Waals surface area contributed by atoms with E-state index < -0.39 is 0 Å². The molecule has 0 atom stereocenters. The first-order valence-electron chi connectivity index (χ1n) is 5.38. The van der Waals surface area contributed by atoms with Gasteiger partial charge in [0, 0.05) is 11.2 Å². The zero-order valence-corrected chi connectivity index (χ0v) is 10.1. The second-order valence-corrected chi connectivity index (χ2v) is 4.29. The Morgan fingerprint density at radius 3 is 2.94 bits per heavy atom. The molecule has 0 saturated heterocycles. The molecule has 3 aromatic rings. The highest BCUT2D eigenvalue weighted by molar-refractivity contribution is 6.31. The third-order valence-corrected chi connectivity index (χ3v) is 3.03. The average Bonchev–Trinajstić information content (AvgIpc) is 2.76. The molecule has 0 unspecified atom stereocenters. The second-order valence-electron chi connectivity index (χ2n) is 3.89. The number of fused-ring (bicyclic) bond motifs is 1. The Bertz CT molecular complexity index is 762. The molecule has 1 aromatic carbocycles. The SMILES string of the molecule is O=c1[nH]cnc2nn(Cc3ccccc3Cl)cc12. The molecule has 0 bridgehead atoms. The predicted octanol–water partition coefficient (Wildman–Crippen LogP) is 1.82. The third kappa shape index (κ3) is 1.89. The quantitative estimate of drug-likeness (QED) is 0.764. The van der Waals surface area contributed by atoms with Crippen LogP contribution in [0.3, 0.4) is 0 Å². The maximum absolute atomic E-state index is 11.5. The molecule has 0 aliphatic heterocycles. The highest BCUT2D eigenvalue weighted by Crippen LogP contribution is 2.16. The molecule has 0 radical (unpaired) electrons. The lowest BCUT2D eigenvalue weighted by atomic mass is 10.2. The Morgan fingerprint density at radius 2 is 2.17 bits per heavy atom. The van der Waals surface area contributed by atoms with Crippen molar-refractivity contribution in [2.45, 2.75) is 6.54 Å². The van der Waals surface area contributed by atoms with E-state index in [0.717, 1.165) is 5.56 Å². The monoisotopic (exact) mass is 260 g/mol. The number of nitrogens with one attached hydrogen (secondary N) is 1. The molecule has 5 nitrogen and oxygen atoms in total. The lowest BCUT2D eigenvalue weighted by Crippen LogP contribution is -2.04. The van der Waals surface area contributed by atoms with Gasteiger partial charge in [0.05, 0.1) is 12.9 Å². The smallest absolute Gasteiger partial charge is 0.261 e. The molecule has 2 heterocycles. The number of nitrogens with zero attached hydrogens (tertiary/aromatic N) is 3. The number of aromatic nitrogens is 4. The van der Waals surface area contributed by atoms with Crippen molar-refractivity contribution in [2.75, 3.05) is 0 Å². The van der Waals surface area contributed by atoms with Crippen molar-refractivity contribution in [3.63, 3.8) is 0 Å². The Labute approximate surface area is 107 Å². The molecule has 90 valence electrons. The number of rotatable bonds is 2. The van der Waals surface area contributed by atoms with Gasteiger partial charge in [0.2, 0.25) is 0 Å². The Balaban J connectivity index is 2.04. The minimum absolute atomic E-state index is 0.189. The van der Waals surface area contributed by atoms with Crippen LogP contribution in [0, 0.1) is 0 Å². The van der Waals surface area contributed by atoms with E-state index in [1.54, 1.807) is 10.9 Å². The van der Waals surface area contributed by atoms with E-state index in [2.05, 4.69) is 15.1 Å². The van der Waals surface area contributed by atoms with Gasteiger partial charge in [-0.2, -0.15) is 5.10 Å². The summed E-state index contributed by atoms with van der Waals surface area (Å²) in [6.45, 7) is 0.509. The van der Waals surface area contributed by atoms with Crippen molar-refractivity contribution >= 4 is 22.6 Å². The van der Waals surface area contributed by atoms with E-state index in [1.807, 2.05) is 24.3 Å². The summed E-state index contributed by atoms with van der Waals surface area (Å²) in [5.41, 5.74) is 1.19. The van der Waals surface area contributed by atoms with E-state index in [-0.39, 0.29) is 5.56 Å². The summed E-state index contributed by atoms with van der Waals surface area (Å²) >= 11 is 6.08. The Morgan fingerprint density at radius 1 is 1.33 bits per heavy atom. The molecule has 0 spiro atoms. The van der Waals surface area contributed by atoms with Crippen molar-refractivity contribution < 1.29 is 0 Å². The van der Waals surface area contributed by atoms with Crippen LogP contribution in [0.15, 0.2) is 41.6 Å². The predicted molar refractivity (Wildman–Crippen MR) is 68.7 cm³/mol. The van der Waals surface area contributed by atoms with Crippen molar-refractivity contribution in [1.82, 2.24) is 19.7 Å². The second kappa shape index (κ2) is 4.27. The number of hydrogen-bond acceptors (Lipinski definition) is 3. The zero-order valence-electron chi connectivity index (χ0n) is 9.30. The highest BCUT2D eigenvalue weighted by atomic mass is 35.5. The van der Waals surface area contributed by atoms with E-state index in [9.17, 15) is 4.79 Å². The van der Waals surface area contributed by atoms with Gasteiger partial charge in [0.1, 0.15) is 5.39 Å². The van der Waals surface area contributed by atoms with Crippen LogP contribution >= 0.6 is 11.6 Å². The Hall–Kier alpha value is -2.14. The summed E-state index contributed by atoms with van der Waals surface area (Å²) in [6, 6.07) is 7.53. The molecule has 0 aliphatic rings. The van der Waals surface area contributed by atoms with Gasteiger partial charge >= 0.3 is 0 Å². The van der Waals surface area contributed by atoms with Gasteiger partial charge in [0.25, 0.3) is 5.56 Å². The Kier molecular flexibility index (Phi) is 2.60. The molecule has 0 fully saturated rings. The normalized spacial score (nSPS) is 10.9. The topological polar surface area (TPSA) is 63.6 Å². The van der Waals surface area contributed by atoms with E-state index >= 15 is 0 Å². The van der Waals surface area contributed by atoms with Crippen molar-refractivity contribution in [2.24, 2.45) is 0 Å².